The van der Waals surface area contributed by atoms with Crippen molar-refractivity contribution in [2.45, 2.75) is 46.6 Å². The first-order valence-electron chi connectivity index (χ1n) is 4.83. The van der Waals surface area contributed by atoms with Crippen LogP contribution in [-0.4, -0.2) is 12.7 Å². The molecule has 0 aliphatic rings. The Hall–Kier alpha value is -0.300. The molecular weight excluding hydrogens is 148 g/mol. The van der Waals surface area contributed by atoms with Gasteiger partial charge >= 0.3 is 0 Å². The molecule has 72 valence electrons. The SMILES string of the molecule is C=C(C)CC(OCCC)C(C)C. The van der Waals surface area contributed by atoms with E-state index in [1.807, 2.05) is 0 Å². The van der Waals surface area contributed by atoms with E-state index in [9.17, 15) is 0 Å². The summed E-state index contributed by atoms with van der Waals surface area (Å²) in [6, 6.07) is 0. The van der Waals surface area contributed by atoms with Crippen molar-refractivity contribution < 1.29 is 4.74 Å². The predicted octanol–water partition coefficient (Wildman–Crippen LogP) is 3.40. The molecule has 0 aromatic heterocycles. The van der Waals surface area contributed by atoms with Gasteiger partial charge in [0, 0.05) is 6.61 Å². The Labute approximate surface area is 76.8 Å². The molecule has 0 N–H and O–H groups in total. The van der Waals surface area contributed by atoms with Crippen molar-refractivity contribution in [3.63, 3.8) is 0 Å². The maximum atomic E-state index is 5.70. The predicted molar refractivity (Wildman–Crippen MR) is 54.3 cm³/mol. The smallest absolute Gasteiger partial charge is 0.0634 e. The minimum absolute atomic E-state index is 0.363. The van der Waals surface area contributed by atoms with Crippen molar-refractivity contribution in [3.05, 3.63) is 12.2 Å². The van der Waals surface area contributed by atoms with E-state index < -0.39 is 0 Å². The van der Waals surface area contributed by atoms with Crippen molar-refractivity contribution in [2.24, 2.45) is 5.92 Å². The van der Waals surface area contributed by atoms with E-state index in [1.165, 1.54) is 5.57 Å². The lowest BCUT2D eigenvalue weighted by Crippen LogP contribution is -2.20. The van der Waals surface area contributed by atoms with Crippen LogP contribution in [0.2, 0.25) is 0 Å². The summed E-state index contributed by atoms with van der Waals surface area (Å²) in [6.45, 7) is 13.4. The summed E-state index contributed by atoms with van der Waals surface area (Å²) in [4.78, 5) is 0. The maximum Gasteiger partial charge on any atom is 0.0634 e. The second-order valence-electron chi connectivity index (χ2n) is 3.81. The van der Waals surface area contributed by atoms with Crippen molar-refractivity contribution in [3.8, 4) is 0 Å². The molecule has 0 fully saturated rings. The van der Waals surface area contributed by atoms with Crippen LogP contribution in [0.15, 0.2) is 12.2 Å². The fraction of sp³-hybridized carbons (Fsp3) is 0.818. The molecule has 0 aromatic rings. The Morgan fingerprint density at radius 3 is 2.33 bits per heavy atom. The van der Waals surface area contributed by atoms with Gasteiger partial charge < -0.3 is 4.74 Å². The molecule has 1 atom stereocenters. The molecule has 0 aliphatic carbocycles. The van der Waals surface area contributed by atoms with Gasteiger partial charge in [0.1, 0.15) is 0 Å². The minimum Gasteiger partial charge on any atom is -0.378 e. The van der Waals surface area contributed by atoms with Gasteiger partial charge in [0.05, 0.1) is 6.10 Å². The molecule has 0 saturated heterocycles. The van der Waals surface area contributed by atoms with E-state index in [2.05, 4.69) is 34.3 Å². The van der Waals surface area contributed by atoms with Gasteiger partial charge in [-0.3, -0.25) is 0 Å². The first kappa shape index (κ1) is 11.7. The van der Waals surface area contributed by atoms with E-state index in [4.69, 9.17) is 4.74 Å². The molecule has 0 saturated carbocycles. The monoisotopic (exact) mass is 170 g/mol. The Bertz CT molecular complexity index is 127. The molecule has 0 amide bonds. The van der Waals surface area contributed by atoms with Crippen LogP contribution in [0, 0.1) is 5.92 Å². The average molecular weight is 170 g/mol. The Morgan fingerprint density at radius 1 is 1.42 bits per heavy atom. The number of rotatable bonds is 6. The molecule has 0 bridgehead atoms. The summed E-state index contributed by atoms with van der Waals surface area (Å²) in [5.41, 5.74) is 1.21. The summed E-state index contributed by atoms with van der Waals surface area (Å²) < 4.78 is 5.70. The molecule has 0 radical (unpaired) electrons. The highest BCUT2D eigenvalue weighted by Gasteiger charge is 2.12. The zero-order chi connectivity index (χ0) is 9.56. The second kappa shape index (κ2) is 6.24. The quantitative estimate of drug-likeness (QED) is 0.555. The summed E-state index contributed by atoms with van der Waals surface area (Å²) in [7, 11) is 0. The molecule has 0 aliphatic heterocycles. The third-order valence-electron chi connectivity index (χ3n) is 1.83. The zero-order valence-corrected chi connectivity index (χ0v) is 8.89. The maximum absolute atomic E-state index is 5.70. The van der Waals surface area contributed by atoms with Crippen LogP contribution in [0.5, 0.6) is 0 Å². The third kappa shape index (κ3) is 5.36. The molecule has 0 heterocycles. The first-order valence-corrected chi connectivity index (χ1v) is 4.83. The first-order chi connectivity index (χ1) is 5.57. The summed E-state index contributed by atoms with van der Waals surface area (Å²) in [5.74, 6) is 0.591. The molecule has 1 unspecified atom stereocenters. The summed E-state index contributed by atoms with van der Waals surface area (Å²) in [6.07, 6.45) is 2.46. The number of hydrogen-bond acceptors (Lipinski definition) is 1. The van der Waals surface area contributed by atoms with Crippen LogP contribution >= 0.6 is 0 Å². The normalized spacial score (nSPS) is 13.4. The van der Waals surface area contributed by atoms with Crippen molar-refractivity contribution in [1.82, 2.24) is 0 Å². The summed E-state index contributed by atoms with van der Waals surface area (Å²) >= 11 is 0. The van der Waals surface area contributed by atoms with Gasteiger partial charge in [0.25, 0.3) is 0 Å². The Kier molecular flexibility index (Phi) is 6.09. The van der Waals surface area contributed by atoms with Gasteiger partial charge in [0.2, 0.25) is 0 Å². The van der Waals surface area contributed by atoms with Gasteiger partial charge in [-0.25, -0.2) is 0 Å². The second-order valence-corrected chi connectivity index (χ2v) is 3.81. The van der Waals surface area contributed by atoms with Crippen LogP contribution in [0.3, 0.4) is 0 Å². The molecule has 1 heteroatoms. The van der Waals surface area contributed by atoms with E-state index in [0.717, 1.165) is 19.4 Å². The standard InChI is InChI=1S/C11H22O/c1-6-7-12-11(10(4)5)8-9(2)3/h10-11H,2,6-8H2,1,3-5H3. The molecule has 0 spiro atoms. The largest absolute Gasteiger partial charge is 0.378 e. The van der Waals surface area contributed by atoms with Crippen molar-refractivity contribution in [1.29, 1.82) is 0 Å². The van der Waals surface area contributed by atoms with Gasteiger partial charge in [-0.1, -0.05) is 26.3 Å². The lowest BCUT2D eigenvalue weighted by molar-refractivity contribution is 0.0233. The topological polar surface area (TPSA) is 9.23 Å². The number of ether oxygens (including phenoxy) is 1. The van der Waals surface area contributed by atoms with Crippen LogP contribution in [0.25, 0.3) is 0 Å². The van der Waals surface area contributed by atoms with Gasteiger partial charge in [-0.05, 0) is 25.7 Å². The van der Waals surface area contributed by atoms with Crippen LogP contribution in [0.4, 0.5) is 0 Å². The van der Waals surface area contributed by atoms with Gasteiger partial charge in [-0.2, -0.15) is 0 Å². The lowest BCUT2D eigenvalue weighted by Gasteiger charge is -2.21. The minimum atomic E-state index is 0.363. The van der Waals surface area contributed by atoms with Gasteiger partial charge in [0.15, 0.2) is 0 Å². The Balaban J connectivity index is 3.78. The van der Waals surface area contributed by atoms with Crippen LogP contribution < -0.4 is 0 Å². The molecule has 0 aromatic carbocycles. The number of hydrogen-bond donors (Lipinski definition) is 0. The van der Waals surface area contributed by atoms with Crippen molar-refractivity contribution in [2.75, 3.05) is 6.61 Å². The Morgan fingerprint density at radius 2 is 2.00 bits per heavy atom. The van der Waals surface area contributed by atoms with Crippen molar-refractivity contribution >= 4 is 0 Å². The fourth-order valence-electron chi connectivity index (χ4n) is 1.10. The highest BCUT2D eigenvalue weighted by Crippen LogP contribution is 2.15. The van der Waals surface area contributed by atoms with Gasteiger partial charge in [-0.15, -0.1) is 6.58 Å². The third-order valence-corrected chi connectivity index (χ3v) is 1.83. The molecule has 0 rings (SSSR count). The highest BCUT2D eigenvalue weighted by molar-refractivity contribution is 4.91. The van der Waals surface area contributed by atoms with Crippen LogP contribution in [-0.2, 0) is 4.74 Å². The van der Waals surface area contributed by atoms with E-state index in [-0.39, 0.29) is 0 Å². The van der Waals surface area contributed by atoms with E-state index in [1.54, 1.807) is 0 Å². The van der Waals surface area contributed by atoms with E-state index in [0.29, 0.717) is 12.0 Å². The lowest BCUT2D eigenvalue weighted by atomic mass is 10.0. The van der Waals surface area contributed by atoms with E-state index >= 15 is 0 Å². The fourth-order valence-corrected chi connectivity index (χ4v) is 1.10. The molecular formula is C11H22O. The average Bonchev–Trinajstić information content (AvgIpc) is 1.96. The molecule has 1 nitrogen and oxygen atoms in total. The molecule has 12 heavy (non-hydrogen) atoms. The van der Waals surface area contributed by atoms with Crippen LogP contribution in [0.1, 0.15) is 40.5 Å². The summed E-state index contributed by atoms with van der Waals surface area (Å²) in [5, 5.41) is 0. The zero-order valence-electron chi connectivity index (χ0n) is 8.89. The highest BCUT2D eigenvalue weighted by atomic mass is 16.5.